The summed E-state index contributed by atoms with van der Waals surface area (Å²) in [4.78, 5) is 26.7. The number of nitrogens with one attached hydrogen (secondary N) is 1. The Kier molecular flexibility index (Phi) is 5.23. The maximum absolute atomic E-state index is 12.7. The van der Waals surface area contributed by atoms with Gasteiger partial charge in [-0.3, -0.25) is 9.59 Å². The average molecular weight is 309 g/mol. The Labute approximate surface area is 130 Å². The van der Waals surface area contributed by atoms with E-state index in [9.17, 15) is 9.59 Å². The predicted octanol–water partition coefficient (Wildman–Crippen LogP) is 2.78. The smallest absolute Gasteiger partial charge is 0.247 e. The molecule has 0 radical (unpaired) electrons. The van der Waals surface area contributed by atoms with E-state index in [1.807, 2.05) is 32.0 Å². The molecule has 0 spiro atoms. The van der Waals surface area contributed by atoms with E-state index in [-0.39, 0.29) is 17.7 Å². The zero-order valence-corrected chi connectivity index (χ0v) is 13.2. The van der Waals surface area contributed by atoms with Crippen molar-refractivity contribution in [3.8, 4) is 0 Å². The number of hydrogen-bond acceptors (Lipinski definition) is 2. The molecule has 0 aliphatic carbocycles. The SMILES string of the molecule is CCC(CC)C(=O)N1CCNC(=O)C1c1ccccc1Cl. The Bertz CT molecular complexity index is 529. The van der Waals surface area contributed by atoms with Gasteiger partial charge in [-0.2, -0.15) is 0 Å². The van der Waals surface area contributed by atoms with Gasteiger partial charge in [0, 0.05) is 29.6 Å². The van der Waals surface area contributed by atoms with Gasteiger partial charge in [0.05, 0.1) is 0 Å². The molecular weight excluding hydrogens is 288 g/mol. The first kappa shape index (κ1) is 15.8. The summed E-state index contributed by atoms with van der Waals surface area (Å²) in [7, 11) is 0. The number of benzene rings is 1. The molecule has 1 atom stereocenters. The minimum absolute atomic E-state index is 0.0408. The number of halogens is 1. The quantitative estimate of drug-likeness (QED) is 0.930. The molecule has 5 heteroatoms. The van der Waals surface area contributed by atoms with Gasteiger partial charge in [-0.05, 0) is 18.9 Å². The molecule has 1 aromatic carbocycles. The number of carbonyl (C=O) groups excluding carboxylic acids is 2. The molecule has 0 aromatic heterocycles. The summed E-state index contributed by atoms with van der Waals surface area (Å²) < 4.78 is 0. The Morgan fingerprint density at radius 1 is 1.38 bits per heavy atom. The van der Waals surface area contributed by atoms with E-state index < -0.39 is 6.04 Å². The number of hydrogen-bond donors (Lipinski definition) is 1. The molecule has 4 nitrogen and oxygen atoms in total. The lowest BCUT2D eigenvalue weighted by Crippen LogP contribution is -2.53. The van der Waals surface area contributed by atoms with Crippen molar-refractivity contribution in [3.63, 3.8) is 0 Å². The van der Waals surface area contributed by atoms with Gasteiger partial charge in [0.25, 0.3) is 0 Å². The molecular formula is C16H21ClN2O2. The summed E-state index contributed by atoms with van der Waals surface area (Å²) in [5.74, 6) is -0.158. The van der Waals surface area contributed by atoms with Crippen LogP contribution in [0.25, 0.3) is 0 Å². The van der Waals surface area contributed by atoms with Crippen LogP contribution in [-0.2, 0) is 9.59 Å². The molecule has 0 saturated carbocycles. The molecule has 2 rings (SSSR count). The van der Waals surface area contributed by atoms with Crippen molar-refractivity contribution in [2.75, 3.05) is 13.1 Å². The van der Waals surface area contributed by atoms with Crippen molar-refractivity contribution < 1.29 is 9.59 Å². The second kappa shape index (κ2) is 6.94. The molecule has 2 amide bonds. The summed E-state index contributed by atoms with van der Waals surface area (Å²) in [5, 5.41) is 3.34. The first-order valence-corrected chi connectivity index (χ1v) is 7.80. The molecule has 21 heavy (non-hydrogen) atoms. The third-order valence-corrected chi connectivity index (χ3v) is 4.37. The lowest BCUT2D eigenvalue weighted by Gasteiger charge is -2.37. The number of piperazine rings is 1. The van der Waals surface area contributed by atoms with Gasteiger partial charge in [-0.1, -0.05) is 43.6 Å². The third-order valence-electron chi connectivity index (χ3n) is 4.03. The van der Waals surface area contributed by atoms with E-state index in [4.69, 9.17) is 11.6 Å². The average Bonchev–Trinajstić information content (AvgIpc) is 2.49. The Balaban J connectivity index is 2.36. The van der Waals surface area contributed by atoms with Gasteiger partial charge < -0.3 is 10.2 Å². The van der Waals surface area contributed by atoms with E-state index in [2.05, 4.69) is 5.32 Å². The monoisotopic (exact) mass is 308 g/mol. The number of nitrogens with zero attached hydrogens (tertiary/aromatic N) is 1. The molecule has 1 aliphatic heterocycles. The highest BCUT2D eigenvalue weighted by Gasteiger charge is 2.37. The molecule has 1 N–H and O–H groups in total. The molecule has 1 aromatic rings. The predicted molar refractivity (Wildman–Crippen MR) is 83.0 cm³/mol. The molecule has 1 heterocycles. The zero-order valence-electron chi connectivity index (χ0n) is 12.4. The Hall–Kier alpha value is -1.55. The molecule has 1 saturated heterocycles. The van der Waals surface area contributed by atoms with Gasteiger partial charge in [0.2, 0.25) is 11.8 Å². The van der Waals surface area contributed by atoms with Crippen LogP contribution in [-0.4, -0.2) is 29.8 Å². The van der Waals surface area contributed by atoms with Crippen LogP contribution in [0.3, 0.4) is 0 Å². The topological polar surface area (TPSA) is 49.4 Å². The van der Waals surface area contributed by atoms with Gasteiger partial charge in [0.15, 0.2) is 0 Å². The first-order chi connectivity index (χ1) is 10.1. The van der Waals surface area contributed by atoms with Crippen LogP contribution in [0.4, 0.5) is 0 Å². The van der Waals surface area contributed by atoms with Crippen LogP contribution in [0, 0.1) is 5.92 Å². The highest BCUT2D eigenvalue weighted by molar-refractivity contribution is 6.31. The first-order valence-electron chi connectivity index (χ1n) is 7.42. The highest BCUT2D eigenvalue weighted by atomic mass is 35.5. The lowest BCUT2D eigenvalue weighted by molar-refractivity contribution is -0.146. The summed E-state index contributed by atoms with van der Waals surface area (Å²) >= 11 is 6.22. The Morgan fingerprint density at radius 2 is 2.05 bits per heavy atom. The maximum atomic E-state index is 12.7. The number of carbonyl (C=O) groups is 2. The second-order valence-electron chi connectivity index (χ2n) is 5.26. The van der Waals surface area contributed by atoms with Crippen molar-refractivity contribution in [2.24, 2.45) is 5.92 Å². The van der Waals surface area contributed by atoms with Crippen molar-refractivity contribution in [3.05, 3.63) is 34.9 Å². The standard InChI is InChI=1S/C16H21ClN2O2/c1-3-11(4-2)16(21)19-10-9-18-15(20)14(19)12-7-5-6-8-13(12)17/h5-8,11,14H,3-4,9-10H2,1-2H3,(H,18,20). The van der Waals surface area contributed by atoms with Gasteiger partial charge in [0.1, 0.15) is 6.04 Å². The van der Waals surface area contributed by atoms with Crippen molar-refractivity contribution >= 4 is 23.4 Å². The summed E-state index contributed by atoms with van der Waals surface area (Å²) in [6, 6.07) is 6.59. The lowest BCUT2D eigenvalue weighted by atomic mass is 9.97. The molecule has 1 fully saturated rings. The molecule has 1 unspecified atom stereocenters. The van der Waals surface area contributed by atoms with Crippen LogP contribution in [0.1, 0.15) is 38.3 Å². The van der Waals surface area contributed by atoms with Crippen molar-refractivity contribution in [1.29, 1.82) is 0 Å². The molecule has 0 bridgehead atoms. The normalized spacial score (nSPS) is 18.8. The second-order valence-corrected chi connectivity index (χ2v) is 5.67. The maximum Gasteiger partial charge on any atom is 0.247 e. The minimum atomic E-state index is -0.624. The van der Waals surface area contributed by atoms with Gasteiger partial charge in [-0.25, -0.2) is 0 Å². The molecule has 114 valence electrons. The minimum Gasteiger partial charge on any atom is -0.352 e. The number of rotatable bonds is 4. The highest BCUT2D eigenvalue weighted by Crippen LogP contribution is 2.31. The summed E-state index contributed by atoms with van der Waals surface area (Å²) in [5.41, 5.74) is 0.690. The van der Waals surface area contributed by atoms with Crippen molar-refractivity contribution in [2.45, 2.75) is 32.7 Å². The fourth-order valence-electron chi connectivity index (χ4n) is 2.78. The van der Waals surface area contributed by atoms with Crippen LogP contribution in [0.15, 0.2) is 24.3 Å². The third kappa shape index (κ3) is 3.21. The fraction of sp³-hybridized carbons (Fsp3) is 0.500. The largest absolute Gasteiger partial charge is 0.352 e. The van der Waals surface area contributed by atoms with Gasteiger partial charge >= 0.3 is 0 Å². The van der Waals surface area contributed by atoms with Crippen LogP contribution >= 0.6 is 11.6 Å². The Morgan fingerprint density at radius 3 is 2.67 bits per heavy atom. The van der Waals surface area contributed by atoms with E-state index in [1.54, 1.807) is 11.0 Å². The summed E-state index contributed by atoms with van der Waals surface area (Å²) in [6.45, 7) is 5.02. The van der Waals surface area contributed by atoms with E-state index in [1.165, 1.54) is 0 Å². The number of amides is 2. The summed E-state index contributed by atoms with van der Waals surface area (Å²) in [6.07, 6.45) is 1.56. The van der Waals surface area contributed by atoms with Gasteiger partial charge in [-0.15, -0.1) is 0 Å². The van der Waals surface area contributed by atoms with Crippen LogP contribution in [0.5, 0.6) is 0 Å². The zero-order chi connectivity index (χ0) is 15.4. The van der Waals surface area contributed by atoms with E-state index in [0.717, 1.165) is 12.8 Å². The molecule has 1 aliphatic rings. The van der Waals surface area contributed by atoms with E-state index >= 15 is 0 Å². The fourth-order valence-corrected chi connectivity index (χ4v) is 3.02. The van der Waals surface area contributed by atoms with Crippen LogP contribution < -0.4 is 5.32 Å². The van der Waals surface area contributed by atoms with Crippen LogP contribution in [0.2, 0.25) is 5.02 Å². The van der Waals surface area contributed by atoms with Crippen molar-refractivity contribution in [1.82, 2.24) is 10.2 Å². The van der Waals surface area contributed by atoms with E-state index in [0.29, 0.717) is 23.7 Å².